The SMILES string of the molecule is CC(C)OCC(C)(C)C(C)(C)OC(C)P. The van der Waals surface area contributed by atoms with Crippen molar-refractivity contribution < 1.29 is 9.47 Å². The van der Waals surface area contributed by atoms with Crippen LogP contribution in [-0.4, -0.2) is 24.2 Å². The molecule has 0 bridgehead atoms. The van der Waals surface area contributed by atoms with Gasteiger partial charge in [0.2, 0.25) is 0 Å². The van der Waals surface area contributed by atoms with Crippen LogP contribution in [-0.2, 0) is 9.47 Å². The summed E-state index contributed by atoms with van der Waals surface area (Å²) in [7, 11) is 2.67. The van der Waals surface area contributed by atoms with E-state index in [1.54, 1.807) is 0 Å². The van der Waals surface area contributed by atoms with E-state index in [9.17, 15) is 0 Å². The molecule has 0 aromatic rings. The Balaban J connectivity index is 4.40. The molecule has 92 valence electrons. The Hall–Kier alpha value is 0.350. The molecule has 2 atom stereocenters. The summed E-state index contributed by atoms with van der Waals surface area (Å²) in [5.74, 6) is 0.165. The minimum Gasteiger partial charge on any atom is -0.378 e. The highest BCUT2D eigenvalue weighted by atomic mass is 31.0. The predicted molar refractivity (Wildman–Crippen MR) is 69.2 cm³/mol. The van der Waals surface area contributed by atoms with Crippen molar-refractivity contribution >= 4 is 9.24 Å². The molecule has 0 aliphatic carbocycles. The van der Waals surface area contributed by atoms with E-state index in [2.05, 4.69) is 50.8 Å². The maximum atomic E-state index is 5.92. The minimum atomic E-state index is -0.191. The van der Waals surface area contributed by atoms with Crippen LogP contribution in [0, 0.1) is 5.41 Å². The lowest BCUT2D eigenvalue weighted by molar-refractivity contribution is -0.136. The quantitative estimate of drug-likeness (QED) is 0.655. The van der Waals surface area contributed by atoms with Crippen molar-refractivity contribution in [3.63, 3.8) is 0 Å². The zero-order valence-electron chi connectivity index (χ0n) is 11.3. The van der Waals surface area contributed by atoms with E-state index in [4.69, 9.17) is 9.47 Å². The molecule has 0 amide bonds. The highest BCUT2D eigenvalue weighted by molar-refractivity contribution is 7.17. The summed E-state index contributed by atoms with van der Waals surface area (Å²) in [6.07, 6.45) is 0.272. The van der Waals surface area contributed by atoms with Crippen molar-refractivity contribution in [1.29, 1.82) is 0 Å². The van der Waals surface area contributed by atoms with Crippen molar-refractivity contribution in [2.75, 3.05) is 6.61 Å². The van der Waals surface area contributed by atoms with Crippen LogP contribution < -0.4 is 0 Å². The van der Waals surface area contributed by atoms with E-state index in [1.807, 2.05) is 6.92 Å². The van der Waals surface area contributed by atoms with Crippen LogP contribution in [0.4, 0.5) is 0 Å². The lowest BCUT2D eigenvalue weighted by Crippen LogP contribution is -2.46. The Morgan fingerprint density at radius 3 is 1.87 bits per heavy atom. The van der Waals surface area contributed by atoms with Crippen LogP contribution in [0.1, 0.15) is 48.5 Å². The second kappa shape index (κ2) is 5.61. The van der Waals surface area contributed by atoms with Crippen LogP contribution in [0.25, 0.3) is 0 Å². The molecule has 0 heterocycles. The van der Waals surface area contributed by atoms with Gasteiger partial charge in [0.15, 0.2) is 0 Å². The maximum absolute atomic E-state index is 5.92. The summed E-state index contributed by atoms with van der Waals surface area (Å²) in [4.78, 5) is 0. The Labute approximate surface area is 97.3 Å². The first kappa shape index (κ1) is 15.3. The molecule has 0 fully saturated rings. The molecule has 0 spiro atoms. The smallest absolute Gasteiger partial charge is 0.0707 e. The van der Waals surface area contributed by atoms with E-state index >= 15 is 0 Å². The minimum absolute atomic E-state index is 0.00208. The second-order valence-electron chi connectivity index (χ2n) is 5.58. The second-order valence-corrected chi connectivity index (χ2v) is 6.52. The average Bonchev–Trinajstić information content (AvgIpc) is 1.98. The van der Waals surface area contributed by atoms with Gasteiger partial charge < -0.3 is 9.47 Å². The molecular formula is C12H27O2P. The first-order chi connectivity index (χ1) is 6.58. The first-order valence-electron chi connectivity index (χ1n) is 5.63. The fourth-order valence-electron chi connectivity index (χ4n) is 1.17. The van der Waals surface area contributed by atoms with Gasteiger partial charge in [-0.25, -0.2) is 0 Å². The molecule has 2 nitrogen and oxygen atoms in total. The van der Waals surface area contributed by atoms with Crippen LogP contribution in [0.15, 0.2) is 0 Å². The Kier molecular flexibility index (Phi) is 5.74. The van der Waals surface area contributed by atoms with Crippen molar-refractivity contribution in [2.24, 2.45) is 5.41 Å². The third-order valence-corrected chi connectivity index (χ3v) is 3.02. The van der Waals surface area contributed by atoms with Crippen molar-refractivity contribution in [2.45, 2.75) is 66.0 Å². The maximum Gasteiger partial charge on any atom is 0.0707 e. The van der Waals surface area contributed by atoms with Gasteiger partial charge >= 0.3 is 0 Å². The standard InChI is InChI=1S/C12H27O2P/c1-9(2)13-8-11(4,5)12(6,7)14-10(3)15/h9-10H,8,15H2,1-7H3. The highest BCUT2D eigenvalue weighted by Gasteiger charge is 2.39. The van der Waals surface area contributed by atoms with E-state index < -0.39 is 0 Å². The molecule has 3 heteroatoms. The molecule has 0 aliphatic heterocycles. The van der Waals surface area contributed by atoms with Crippen molar-refractivity contribution in [1.82, 2.24) is 0 Å². The zero-order chi connectivity index (χ0) is 12.3. The zero-order valence-corrected chi connectivity index (χ0v) is 12.4. The summed E-state index contributed by atoms with van der Waals surface area (Å²) in [5.41, 5.74) is -0.189. The Bertz CT molecular complexity index is 186. The normalized spacial score (nSPS) is 15.8. The van der Waals surface area contributed by atoms with Gasteiger partial charge in [0.25, 0.3) is 0 Å². The summed E-state index contributed by atoms with van der Waals surface area (Å²) < 4.78 is 11.6. The monoisotopic (exact) mass is 234 g/mol. The van der Waals surface area contributed by atoms with Gasteiger partial charge in [-0.1, -0.05) is 13.8 Å². The summed E-state index contributed by atoms with van der Waals surface area (Å²) in [6.45, 7) is 15.5. The summed E-state index contributed by atoms with van der Waals surface area (Å²) in [6, 6.07) is 0. The molecule has 0 radical (unpaired) electrons. The van der Waals surface area contributed by atoms with Crippen LogP contribution in [0.5, 0.6) is 0 Å². The molecular weight excluding hydrogens is 207 g/mol. The van der Waals surface area contributed by atoms with Crippen molar-refractivity contribution in [3.05, 3.63) is 0 Å². The van der Waals surface area contributed by atoms with Gasteiger partial charge in [-0.15, -0.1) is 9.24 Å². The van der Waals surface area contributed by atoms with E-state index in [0.717, 1.165) is 6.61 Å². The predicted octanol–water partition coefficient (Wildman–Crippen LogP) is 3.45. The Morgan fingerprint density at radius 1 is 1.07 bits per heavy atom. The Morgan fingerprint density at radius 2 is 1.53 bits per heavy atom. The molecule has 0 rings (SSSR count). The third-order valence-electron chi connectivity index (χ3n) is 2.89. The van der Waals surface area contributed by atoms with Gasteiger partial charge in [0.05, 0.1) is 24.2 Å². The van der Waals surface area contributed by atoms with Crippen LogP contribution in [0.3, 0.4) is 0 Å². The average molecular weight is 234 g/mol. The molecule has 0 aliphatic rings. The number of hydrogen-bond acceptors (Lipinski definition) is 2. The van der Waals surface area contributed by atoms with Crippen molar-refractivity contribution in [3.8, 4) is 0 Å². The molecule has 0 saturated carbocycles. The molecule has 15 heavy (non-hydrogen) atoms. The largest absolute Gasteiger partial charge is 0.378 e. The number of ether oxygens (including phenoxy) is 2. The highest BCUT2D eigenvalue weighted by Crippen LogP contribution is 2.36. The first-order valence-corrected chi connectivity index (χ1v) is 6.30. The van der Waals surface area contributed by atoms with E-state index in [-0.39, 0.29) is 23.0 Å². The topological polar surface area (TPSA) is 18.5 Å². The molecule has 2 unspecified atom stereocenters. The summed E-state index contributed by atoms with van der Waals surface area (Å²) >= 11 is 0. The van der Waals surface area contributed by atoms with Crippen LogP contribution in [0.2, 0.25) is 0 Å². The van der Waals surface area contributed by atoms with Crippen LogP contribution >= 0.6 is 9.24 Å². The molecule has 0 aromatic carbocycles. The van der Waals surface area contributed by atoms with Gasteiger partial charge in [-0.2, -0.15) is 0 Å². The molecule has 0 saturated heterocycles. The lowest BCUT2D eigenvalue weighted by Gasteiger charge is -2.42. The van der Waals surface area contributed by atoms with E-state index in [0.29, 0.717) is 0 Å². The summed E-state index contributed by atoms with van der Waals surface area (Å²) in [5, 5.41) is 0. The number of rotatable bonds is 6. The number of hydrogen-bond donors (Lipinski definition) is 0. The van der Waals surface area contributed by atoms with Gasteiger partial charge in [0.1, 0.15) is 0 Å². The van der Waals surface area contributed by atoms with Gasteiger partial charge in [-0.05, 0) is 34.6 Å². The lowest BCUT2D eigenvalue weighted by atomic mass is 9.77. The molecule has 0 N–H and O–H groups in total. The van der Waals surface area contributed by atoms with Gasteiger partial charge in [-0.3, -0.25) is 0 Å². The fourth-order valence-corrected chi connectivity index (χ4v) is 1.51. The fraction of sp³-hybridized carbons (Fsp3) is 1.00. The third kappa shape index (κ3) is 5.29. The van der Waals surface area contributed by atoms with E-state index in [1.165, 1.54) is 0 Å². The molecule has 0 aromatic heterocycles. The van der Waals surface area contributed by atoms with Gasteiger partial charge in [0, 0.05) is 5.41 Å².